The summed E-state index contributed by atoms with van der Waals surface area (Å²) in [6, 6.07) is 25.8. The highest BCUT2D eigenvalue weighted by atomic mass is 16.5. The van der Waals surface area contributed by atoms with E-state index in [0.29, 0.717) is 13.1 Å². The number of aryl methyl sites for hydroxylation is 2. The van der Waals surface area contributed by atoms with Crippen molar-refractivity contribution < 1.29 is 14.3 Å². The fourth-order valence-electron chi connectivity index (χ4n) is 3.41. The second kappa shape index (κ2) is 11.1. The van der Waals surface area contributed by atoms with E-state index in [1.807, 2.05) is 97.6 Å². The zero-order chi connectivity index (χ0) is 22.1. The molecule has 160 valence electrons. The molecule has 0 atom stereocenters. The minimum Gasteiger partial charge on any atom is -0.455 e. The standard InChI is InChI=1S/C26H28N2O3/c1-20-10-9-11-21(2)26(20)27-24(29)19-31-25(30)18-28(16-22-12-5-3-6-13-22)17-23-14-7-4-8-15-23/h3-15H,16-19H2,1-2H3,(H,27,29). The summed E-state index contributed by atoms with van der Waals surface area (Å²) in [4.78, 5) is 26.8. The number of rotatable bonds is 9. The molecule has 0 aliphatic carbocycles. The van der Waals surface area contributed by atoms with Crippen LogP contribution in [0.4, 0.5) is 5.69 Å². The van der Waals surface area contributed by atoms with E-state index in [1.54, 1.807) is 0 Å². The van der Waals surface area contributed by atoms with Gasteiger partial charge in [-0.2, -0.15) is 0 Å². The molecule has 1 N–H and O–H groups in total. The lowest BCUT2D eigenvalue weighted by atomic mass is 10.1. The van der Waals surface area contributed by atoms with E-state index in [1.165, 1.54) is 0 Å². The molecule has 3 aromatic carbocycles. The Morgan fingerprint density at radius 2 is 1.29 bits per heavy atom. The predicted molar refractivity (Wildman–Crippen MR) is 123 cm³/mol. The summed E-state index contributed by atoms with van der Waals surface area (Å²) in [7, 11) is 0. The number of para-hydroxylation sites is 1. The third-order valence-electron chi connectivity index (χ3n) is 4.96. The molecule has 0 spiro atoms. The number of carbonyl (C=O) groups excluding carboxylic acids is 2. The Morgan fingerprint density at radius 1 is 0.774 bits per heavy atom. The SMILES string of the molecule is Cc1cccc(C)c1NC(=O)COC(=O)CN(Cc1ccccc1)Cc1ccccc1. The molecule has 5 heteroatoms. The van der Waals surface area contributed by atoms with Gasteiger partial charge < -0.3 is 10.1 Å². The van der Waals surface area contributed by atoms with Crippen LogP contribution in [0.5, 0.6) is 0 Å². The Labute approximate surface area is 183 Å². The number of nitrogens with zero attached hydrogens (tertiary/aromatic N) is 1. The molecule has 3 rings (SSSR count). The maximum Gasteiger partial charge on any atom is 0.320 e. The zero-order valence-electron chi connectivity index (χ0n) is 18.0. The molecule has 0 unspecified atom stereocenters. The first-order valence-corrected chi connectivity index (χ1v) is 10.3. The van der Waals surface area contributed by atoms with E-state index < -0.39 is 5.97 Å². The number of benzene rings is 3. The Kier molecular flexibility index (Phi) is 7.96. The van der Waals surface area contributed by atoms with Gasteiger partial charge in [0.25, 0.3) is 5.91 Å². The molecule has 1 amide bonds. The van der Waals surface area contributed by atoms with Gasteiger partial charge >= 0.3 is 5.97 Å². The third-order valence-corrected chi connectivity index (χ3v) is 4.96. The maximum atomic E-state index is 12.5. The molecule has 0 aliphatic rings. The normalized spacial score (nSPS) is 10.7. The van der Waals surface area contributed by atoms with Gasteiger partial charge in [-0.05, 0) is 36.1 Å². The molecular formula is C26H28N2O3. The van der Waals surface area contributed by atoms with Crippen LogP contribution in [0.25, 0.3) is 0 Å². The number of carbonyl (C=O) groups is 2. The number of hydrogen-bond donors (Lipinski definition) is 1. The summed E-state index contributed by atoms with van der Waals surface area (Å²) in [5.74, 6) is -0.771. The number of esters is 1. The molecule has 0 fully saturated rings. The molecule has 0 bridgehead atoms. The molecule has 0 saturated carbocycles. The molecule has 5 nitrogen and oxygen atoms in total. The van der Waals surface area contributed by atoms with Gasteiger partial charge in [-0.1, -0.05) is 78.9 Å². The molecule has 0 heterocycles. The number of nitrogens with one attached hydrogen (secondary N) is 1. The van der Waals surface area contributed by atoms with Gasteiger partial charge in [0.15, 0.2) is 6.61 Å². The zero-order valence-corrected chi connectivity index (χ0v) is 18.0. The van der Waals surface area contributed by atoms with E-state index in [-0.39, 0.29) is 19.1 Å². The number of ether oxygens (including phenoxy) is 1. The highest BCUT2D eigenvalue weighted by Crippen LogP contribution is 2.19. The van der Waals surface area contributed by atoms with Gasteiger partial charge in [-0.15, -0.1) is 0 Å². The molecule has 0 radical (unpaired) electrons. The van der Waals surface area contributed by atoms with Crippen molar-refractivity contribution in [3.8, 4) is 0 Å². The van der Waals surface area contributed by atoms with Crippen molar-refractivity contribution in [1.82, 2.24) is 4.90 Å². The van der Waals surface area contributed by atoms with Crippen LogP contribution >= 0.6 is 0 Å². The summed E-state index contributed by atoms with van der Waals surface area (Å²) >= 11 is 0. The number of amides is 1. The fraction of sp³-hybridized carbons (Fsp3) is 0.231. The van der Waals surface area contributed by atoms with E-state index in [4.69, 9.17) is 4.74 Å². The highest BCUT2D eigenvalue weighted by molar-refractivity contribution is 5.94. The Hall–Kier alpha value is -3.44. The van der Waals surface area contributed by atoms with E-state index >= 15 is 0 Å². The van der Waals surface area contributed by atoms with Crippen LogP contribution in [0.1, 0.15) is 22.3 Å². The van der Waals surface area contributed by atoms with E-state index in [2.05, 4.69) is 5.32 Å². The fourth-order valence-corrected chi connectivity index (χ4v) is 3.41. The number of anilines is 1. The topological polar surface area (TPSA) is 58.6 Å². The highest BCUT2D eigenvalue weighted by Gasteiger charge is 2.15. The van der Waals surface area contributed by atoms with Gasteiger partial charge in [-0.3, -0.25) is 14.5 Å². The summed E-state index contributed by atoms with van der Waals surface area (Å²) in [5, 5.41) is 2.84. The summed E-state index contributed by atoms with van der Waals surface area (Å²) in [6.45, 7) is 4.87. The van der Waals surface area contributed by atoms with Gasteiger partial charge in [-0.25, -0.2) is 0 Å². The Bertz CT molecular complexity index is 942. The van der Waals surface area contributed by atoms with Crippen molar-refractivity contribution in [3.05, 3.63) is 101 Å². The first kappa shape index (κ1) is 22.2. The summed E-state index contributed by atoms with van der Waals surface area (Å²) in [6.07, 6.45) is 0. The van der Waals surface area contributed by atoms with Crippen LogP contribution in [-0.2, 0) is 27.4 Å². The minimum atomic E-state index is -0.427. The first-order valence-electron chi connectivity index (χ1n) is 10.3. The van der Waals surface area contributed by atoms with Gasteiger partial charge in [0.2, 0.25) is 0 Å². The number of hydrogen-bond acceptors (Lipinski definition) is 4. The van der Waals surface area contributed by atoms with Crippen molar-refractivity contribution in [2.75, 3.05) is 18.5 Å². The van der Waals surface area contributed by atoms with Crippen LogP contribution in [-0.4, -0.2) is 29.9 Å². The van der Waals surface area contributed by atoms with Crippen molar-refractivity contribution in [2.45, 2.75) is 26.9 Å². The molecule has 0 saturated heterocycles. The lowest BCUT2D eigenvalue weighted by Gasteiger charge is -2.21. The van der Waals surface area contributed by atoms with Gasteiger partial charge in [0.1, 0.15) is 0 Å². The summed E-state index contributed by atoms with van der Waals surface area (Å²) < 4.78 is 5.27. The van der Waals surface area contributed by atoms with Crippen LogP contribution in [0.15, 0.2) is 78.9 Å². The smallest absolute Gasteiger partial charge is 0.320 e. The minimum absolute atomic E-state index is 0.0977. The van der Waals surface area contributed by atoms with Crippen molar-refractivity contribution in [1.29, 1.82) is 0 Å². The van der Waals surface area contributed by atoms with E-state index in [9.17, 15) is 9.59 Å². The molecule has 31 heavy (non-hydrogen) atoms. The molecular weight excluding hydrogens is 388 g/mol. The summed E-state index contributed by atoms with van der Waals surface area (Å²) in [5.41, 5.74) is 4.92. The van der Waals surface area contributed by atoms with Crippen molar-refractivity contribution >= 4 is 17.6 Å². The quantitative estimate of drug-likeness (QED) is 0.522. The molecule has 0 aliphatic heterocycles. The second-order valence-electron chi connectivity index (χ2n) is 7.59. The van der Waals surface area contributed by atoms with Crippen LogP contribution in [0.2, 0.25) is 0 Å². The van der Waals surface area contributed by atoms with E-state index in [0.717, 1.165) is 27.9 Å². The van der Waals surface area contributed by atoms with Crippen LogP contribution < -0.4 is 5.32 Å². The first-order chi connectivity index (χ1) is 15.0. The lowest BCUT2D eigenvalue weighted by Crippen LogP contribution is -2.32. The van der Waals surface area contributed by atoms with Crippen molar-refractivity contribution in [2.24, 2.45) is 0 Å². The maximum absolute atomic E-state index is 12.5. The average Bonchev–Trinajstić information content (AvgIpc) is 2.76. The van der Waals surface area contributed by atoms with Crippen molar-refractivity contribution in [3.63, 3.8) is 0 Å². The average molecular weight is 417 g/mol. The molecule has 0 aromatic heterocycles. The third kappa shape index (κ3) is 7.08. The Balaban J connectivity index is 1.57. The monoisotopic (exact) mass is 416 g/mol. The van der Waals surface area contributed by atoms with Crippen LogP contribution in [0.3, 0.4) is 0 Å². The van der Waals surface area contributed by atoms with Gasteiger partial charge in [0, 0.05) is 18.8 Å². The molecule has 3 aromatic rings. The van der Waals surface area contributed by atoms with Crippen LogP contribution in [0, 0.1) is 13.8 Å². The lowest BCUT2D eigenvalue weighted by molar-refractivity contribution is -0.148. The predicted octanol–water partition coefficient (Wildman–Crippen LogP) is 4.49. The second-order valence-corrected chi connectivity index (χ2v) is 7.59. The Morgan fingerprint density at radius 3 is 1.81 bits per heavy atom. The van der Waals surface area contributed by atoms with Gasteiger partial charge in [0.05, 0.1) is 6.54 Å². The largest absolute Gasteiger partial charge is 0.455 e.